The first-order chi connectivity index (χ1) is 6.11. The molecule has 0 atom stereocenters. The lowest BCUT2D eigenvalue weighted by molar-refractivity contribution is 0.799. The number of nitrogens with zero attached hydrogens (tertiary/aromatic N) is 2. The summed E-state index contributed by atoms with van der Waals surface area (Å²) in [5.41, 5.74) is 7.03. The number of aromatic nitrogens is 2. The Labute approximate surface area is 79.0 Å². The van der Waals surface area contributed by atoms with Gasteiger partial charge in [0, 0.05) is 13.0 Å². The normalized spacial score (nSPS) is 16.9. The van der Waals surface area contributed by atoms with Gasteiger partial charge in [-0.1, -0.05) is 13.8 Å². The molecule has 0 aliphatic heterocycles. The molecule has 0 radical (unpaired) electrons. The predicted molar refractivity (Wildman–Crippen MR) is 53.7 cm³/mol. The summed E-state index contributed by atoms with van der Waals surface area (Å²) in [5.74, 6) is 3.14. The van der Waals surface area contributed by atoms with Crippen LogP contribution in [0.4, 0.5) is 5.82 Å². The Morgan fingerprint density at radius 2 is 2.08 bits per heavy atom. The minimum atomic E-state index is 0.429. The van der Waals surface area contributed by atoms with Crippen LogP contribution in [0.25, 0.3) is 0 Å². The van der Waals surface area contributed by atoms with Crippen LogP contribution in [0.3, 0.4) is 0 Å². The summed E-state index contributed by atoms with van der Waals surface area (Å²) in [7, 11) is 2.02. The van der Waals surface area contributed by atoms with E-state index in [1.807, 2.05) is 11.6 Å². The molecule has 0 aromatic carbocycles. The number of hydrogen-bond donors (Lipinski definition) is 1. The molecule has 3 heteroatoms. The van der Waals surface area contributed by atoms with E-state index in [1.165, 1.54) is 18.7 Å². The zero-order valence-electron chi connectivity index (χ0n) is 8.54. The number of rotatable bonds is 2. The monoisotopic (exact) mass is 179 g/mol. The summed E-state index contributed by atoms with van der Waals surface area (Å²) in [6, 6.07) is 0. The smallest absolute Gasteiger partial charge is 0.126 e. The maximum Gasteiger partial charge on any atom is 0.126 e. The third-order valence-corrected chi connectivity index (χ3v) is 2.69. The minimum Gasteiger partial charge on any atom is -0.384 e. The molecular formula is C10H17N3. The number of anilines is 1. The van der Waals surface area contributed by atoms with Gasteiger partial charge in [-0.25, -0.2) is 4.98 Å². The van der Waals surface area contributed by atoms with Gasteiger partial charge >= 0.3 is 0 Å². The van der Waals surface area contributed by atoms with Crippen molar-refractivity contribution in [3.8, 4) is 0 Å². The molecule has 1 heterocycles. The van der Waals surface area contributed by atoms with Gasteiger partial charge in [0.25, 0.3) is 0 Å². The molecule has 0 unspecified atom stereocenters. The SMILES string of the molecule is CC(C)c1nc(C2CC2)n(C)c1N. The lowest BCUT2D eigenvalue weighted by atomic mass is 10.1. The van der Waals surface area contributed by atoms with Gasteiger partial charge in [-0.15, -0.1) is 0 Å². The zero-order chi connectivity index (χ0) is 9.59. The van der Waals surface area contributed by atoms with Crippen molar-refractivity contribution in [3.05, 3.63) is 11.5 Å². The van der Waals surface area contributed by atoms with Crippen LogP contribution in [-0.4, -0.2) is 9.55 Å². The summed E-state index contributed by atoms with van der Waals surface area (Å²) in [4.78, 5) is 4.61. The Morgan fingerprint density at radius 1 is 1.46 bits per heavy atom. The molecule has 2 N–H and O–H groups in total. The molecule has 0 spiro atoms. The first-order valence-electron chi connectivity index (χ1n) is 4.93. The van der Waals surface area contributed by atoms with Crippen LogP contribution in [0.15, 0.2) is 0 Å². The second-order valence-electron chi connectivity index (χ2n) is 4.23. The molecule has 1 fully saturated rings. The number of hydrogen-bond acceptors (Lipinski definition) is 2. The largest absolute Gasteiger partial charge is 0.384 e. The van der Waals surface area contributed by atoms with Crippen LogP contribution >= 0.6 is 0 Å². The van der Waals surface area contributed by atoms with Crippen LogP contribution < -0.4 is 5.73 Å². The van der Waals surface area contributed by atoms with Crippen molar-refractivity contribution >= 4 is 5.82 Å². The second-order valence-corrected chi connectivity index (χ2v) is 4.23. The second kappa shape index (κ2) is 2.76. The van der Waals surface area contributed by atoms with Gasteiger partial charge in [0.05, 0.1) is 5.69 Å². The van der Waals surface area contributed by atoms with Crippen LogP contribution in [0, 0.1) is 0 Å². The van der Waals surface area contributed by atoms with Gasteiger partial charge < -0.3 is 10.3 Å². The molecule has 72 valence electrons. The van der Waals surface area contributed by atoms with Crippen molar-refractivity contribution in [2.75, 3.05) is 5.73 Å². The predicted octanol–water partition coefficient (Wildman–Crippen LogP) is 2.00. The standard InChI is InChI=1S/C10H17N3/c1-6(2)8-9(11)13(3)10(12-8)7-4-5-7/h6-7H,4-5,11H2,1-3H3. The summed E-state index contributed by atoms with van der Waals surface area (Å²) in [6.45, 7) is 4.27. The van der Waals surface area contributed by atoms with Gasteiger partial charge in [0.15, 0.2) is 0 Å². The number of nitrogen functional groups attached to an aromatic ring is 1. The van der Waals surface area contributed by atoms with E-state index < -0.39 is 0 Å². The Hall–Kier alpha value is -0.990. The summed E-state index contributed by atoms with van der Waals surface area (Å²) in [5, 5.41) is 0. The fourth-order valence-corrected chi connectivity index (χ4v) is 1.68. The number of nitrogens with two attached hydrogens (primary N) is 1. The van der Waals surface area contributed by atoms with Crippen molar-refractivity contribution in [2.45, 2.75) is 38.5 Å². The summed E-state index contributed by atoms with van der Waals surface area (Å²) in [6.07, 6.45) is 2.56. The van der Waals surface area contributed by atoms with Gasteiger partial charge in [0.1, 0.15) is 11.6 Å². The molecule has 0 bridgehead atoms. The molecule has 1 aliphatic rings. The minimum absolute atomic E-state index is 0.429. The Morgan fingerprint density at radius 3 is 2.46 bits per heavy atom. The summed E-state index contributed by atoms with van der Waals surface area (Å²) >= 11 is 0. The van der Waals surface area contributed by atoms with E-state index in [0.717, 1.165) is 11.5 Å². The highest BCUT2D eigenvalue weighted by molar-refractivity contribution is 5.41. The van der Waals surface area contributed by atoms with Gasteiger partial charge in [-0.2, -0.15) is 0 Å². The van der Waals surface area contributed by atoms with Crippen LogP contribution in [0.1, 0.15) is 50.0 Å². The lowest BCUT2D eigenvalue weighted by Crippen LogP contribution is -2.01. The van der Waals surface area contributed by atoms with Crippen molar-refractivity contribution in [1.29, 1.82) is 0 Å². The van der Waals surface area contributed by atoms with Crippen molar-refractivity contribution in [1.82, 2.24) is 9.55 Å². The van der Waals surface area contributed by atoms with E-state index in [1.54, 1.807) is 0 Å². The Balaban J connectivity index is 2.42. The van der Waals surface area contributed by atoms with Gasteiger partial charge in [0.2, 0.25) is 0 Å². The zero-order valence-corrected chi connectivity index (χ0v) is 8.54. The van der Waals surface area contributed by atoms with E-state index in [2.05, 4.69) is 18.8 Å². The highest BCUT2D eigenvalue weighted by Crippen LogP contribution is 2.40. The van der Waals surface area contributed by atoms with Gasteiger partial charge in [-0.3, -0.25) is 0 Å². The average Bonchev–Trinajstić information content (AvgIpc) is 2.83. The fourth-order valence-electron chi connectivity index (χ4n) is 1.68. The molecule has 0 amide bonds. The molecule has 1 aliphatic carbocycles. The highest BCUT2D eigenvalue weighted by atomic mass is 15.1. The molecule has 13 heavy (non-hydrogen) atoms. The maximum absolute atomic E-state index is 5.97. The van der Waals surface area contributed by atoms with E-state index in [9.17, 15) is 0 Å². The number of imidazole rings is 1. The maximum atomic E-state index is 5.97. The molecular weight excluding hydrogens is 162 g/mol. The molecule has 0 saturated heterocycles. The third kappa shape index (κ3) is 1.32. The molecule has 2 rings (SSSR count). The Bertz CT molecular complexity index is 299. The first-order valence-corrected chi connectivity index (χ1v) is 4.93. The van der Waals surface area contributed by atoms with E-state index in [-0.39, 0.29) is 0 Å². The van der Waals surface area contributed by atoms with E-state index in [4.69, 9.17) is 5.73 Å². The van der Waals surface area contributed by atoms with E-state index in [0.29, 0.717) is 11.8 Å². The average molecular weight is 179 g/mol. The fraction of sp³-hybridized carbons (Fsp3) is 0.700. The lowest BCUT2D eigenvalue weighted by Gasteiger charge is -2.02. The van der Waals surface area contributed by atoms with Crippen LogP contribution in [0.5, 0.6) is 0 Å². The molecule has 1 saturated carbocycles. The quantitative estimate of drug-likeness (QED) is 0.754. The molecule has 1 aromatic rings. The third-order valence-electron chi connectivity index (χ3n) is 2.69. The Kier molecular flexibility index (Phi) is 1.82. The molecule has 1 aromatic heterocycles. The summed E-state index contributed by atoms with van der Waals surface area (Å²) < 4.78 is 2.05. The highest BCUT2D eigenvalue weighted by Gasteiger charge is 2.29. The topological polar surface area (TPSA) is 43.8 Å². The van der Waals surface area contributed by atoms with Crippen molar-refractivity contribution in [2.24, 2.45) is 7.05 Å². The van der Waals surface area contributed by atoms with E-state index >= 15 is 0 Å². The van der Waals surface area contributed by atoms with Gasteiger partial charge in [-0.05, 0) is 18.8 Å². The van der Waals surface area contributed by atoms with Crippen LogP contribution in [0.2, 0.25) is 0 Å². The van der Waals surface area contributed by atoms with Crippen molar-refractivity contribution in [3.63, 3.8) is 0 Å². The first kappa shape index (κ1) is 8.60. The van der Waals surface area contributed by atoms with Crippen LogP contribution in [-0.2, 0) is 7.05 Å². The molecule has 3 nitrogen and oxygen atoms in total. The van der Waals surface area contributed by atoms with Crippen molar-refractivity contribution < 1.29 is 0 Å².